The lowest BCUT2D eigenvalue weighted by atomic mass is 10.2. The number of carbonyl (C=O) groups is 2. The van der Waals surface area contributed by atoms with Crippen molar-refractivity contribution in [3.63, 3.8) is 0 Å². The number of hydrogen-bond acceptors (Lipinski definition) is 3. The summed E-state index contributed by atoms with van der Waals surface area (Å²) < 4.78 is 0. The topological polar surface area (TPSA) is 52.7 Å². The van der Waals surface area contributed by atoms with Crippen LogP contribution in [0.3, 0.4) is 0 Å². The predicted octanol–water partition coefficient (Wildman–Crippen LogP) is 2.52. The van der Waals surface area contributed by atoms with E-state index in [0.717, 1.165) is 17.7 Å². The van der Waals surface area contributed by atoms with Crippen LogP contribution >= 0.6 is 11.3 Å². The standard InChI is InChI=1S/C18H21N3O2S/c1-20(10-8-15-6-4-12-24-15)18(23)19-9-11-21-16-7-3-2-5-14(16)13-17(21)22/h2-7,12H,8-11,13H2,1H3,(H,19,23). The van der Waals surface area contributed by atoms with Crippen LogP contribution in [0.2, 0.25) is 0 Å². The molecule has 1 aliphatic heterocycles. The molecular formula is C18H21N3O2S. The number of hydrogen-bond donors (Lipinski definition) is 1. The van der Waals surface area contributed by atoms with Crippen LogP contribution in [0.4, 0.5) is 10.5 Å². The Hall–Kier alpha value is -2.34. The van der Waals surface area contributed by atoms with Crippen molar-refractivity contribution in [2.45, 2.75) is 12.8 Å². The second-order valence-electron chi connectivity index (χ2n) is 5.83. The van der Waals surface area contributed by atoms with Crippen molar-refractivity contribution in [1.29, 1.82) is 0 Å². The number of carbonyl (C=O) groups excluding carboxylic acids is 2. The molecule has 2 heterocycles. The van der Waals surface area contributed by atoms with Gasteiger partial charge in [0, 0.05) is 37.2 Å². The monoisotopic (exact) mass is 343 g/mol. The fourth-order valence-corrected chi connectivity index (χ4v) is 3.50. The summed E-state index contributed by atoms with van der Waals surface area (Å²) in [4.78, 5) is 28.9. The summed E-state index contributed by atoms with van der Waals surface area (Å²) in [5.41, 5.74) is 2.02. The highest BCUT2D eigenvalue weighted by molar-refractivity contribution is 7.09. The molecule has 1 aromatic carbocycles. The van der Waals surface area contributed by atoms with Gasteiger partial charge in [-0.05, 0) is 29.5 Å². The van der Waals surface area contributed by atoms with Crippen LogP contribution in [-0.4, -0.2) is 43.5 Å². The van der Waals surface area contributed by atoms with E-state index in [2.05, 4.69) is 11.4 Å². The van der Waals surface area contributed by atoms with Crippen LogP contribution in [0.15, 0.2) is 41.8 Å². The van der Waals surface area contributed by atoms with E-state index in [1.165, 1.54) is 4.88 Å². The highest BCUT2D eigenvalue weighted by Gasteiger charge is 2.26. The largest absolute Gasteiger partial charge is 0.336 e. The highest BCUT2D eigenvalue weighted by Crippen LogP contribution is 2.27. The third-order valence-electron chi connectivity index (χ3n) is 4.16. The second kappa shape index (κ2) is 7.49. The van der Waals surface area contributed by atoms with Gasteiger partial charge >= 0.3 is 6.03 Å². The van der Waals surface area contributed by atoms with Crippen LogP contribution in [-0.2, 0) is 17.6 Å². The van der Waals surface area contributed by atoms with E-state index in [0.29, 0.717) is 26.1 Å². The average molecular weight is 343 g/mol. The SMILES string of the molecule is CN(CCc1cccs1)C(=O)NCCN1C(=O)Cc2ccccc21. The summed E-state index contributed by atoms with van der Waals surface area (Å²) in [5.74, 6) is 0.0940. The van der Waals surface area contributed by atoms with E-state index >= 15 is 0 Å². The molecule has 24 heavy (non-hydrogen) atoms. The zero-order valence-corrected chi connectivity index (χ0v) is 14.5. The van der Waals surface area contributed by atoms with Crippen LogP contribution in [0, 0.1) is 0 Å². The molecule has 3 amide bonds. The lowest BCUT2D eigenvalue weighted by Crippen LogP contribution is -2.42. The molecule has 0 radical (unpaired) electrons. The number of thiophene rings is 1. The highest BCUT2D eigenvalue weighted by atomic mass is 32.1. The quantitative estimate of drug-likeness (QED) is 0.876. The van der Waals surface area contributed by atoms with Crippen LogP contribution in [0.1, 0.15) is 10.4 Å². The Bertz CT molecular complexity index is 715. The van der Waals surface area contributed by atoms with Crippen molar-refractivity contribution in [3.8, 4) is 0 Å². The first-order chi connectivity index (χ1) is 11.6. The molecule has 5 nitrogen and oxygen atoms in total. The molecule has 0 saturated carbocycles. The molecule has 0 saturated heterocycles. The Labute approximate surface area is 145 Å². The summed E-state index contributed by atoms with van der Waals surface area (Å²) in [7, 11) is 1.79. The molecule has 0 unspecified atom stereocenters. The smallest absolute Gasteiger partial charge is 0.317 e. The molecule has 1 aromatic heterocycles. The van der Waals surface area contributed by atoms with Crippen molar-refractivity contribution < 1.29 is 9.59 Å². The number of urea groups is 1. The number of nitrogens with zero attached hydrogens (tertiary/aromatic N) is 2. The van der Waals surface area contributed by atoms with Crippen molar-refractivity contribution in [2.24, 2.45) is 0 Å². The number of rotatable bonds is 6. The van der Waals surface area contributed by atoms with Gasteiger partial charge in [-0.3, -0.25) is 4.79 Å². The number of benzene rings is 1. The third kappa shape index (κ3) is 3.76. The first-order valence-corrected chi connectivity index (χ1v) is 8.93. The molecule has 6 heteroatoms. The van der Waals surface area contributed by atoms with Gasteiger partial charge in [0.15, 0.2) is 0 Å². The lowest BCUT2D eigenvalue weighted by Gasteiger charge is -2.20. The number of anilines is 1. The molecule has 1 aliphatic rings. The summed E-state index contributed by atoms with van der Waals surface area (Å²) in [5, 5.41) is 4.93. The first-order valence-electron chi connectivity index (χ1n) is 8.05. The zero-order valence-electron chi connectivity index (χ0n) is 13.7. The molecule has 0 fully saturated rings. The van der Waals surface area contributed by atoms with Crippen molar-refractivity contribution in [1.82, 2.24) is 10.2 Å². The lowest BCUT2D eigenvalue weighted by molar-refractivity contribution is -0.117. The molecule has 2 aromatic rings. The third-order valence-corrected chi connectivity index (χ3v) is 5.09. The van der Waals surface area contributed by atoms with E-state index in [1.54, 1.807) is 28.2 Å². The number of amides is 3. The summed E-state index contributed by atoms with van der Waals surface area (Å²) in [6.45, 7) is 1.63. The Kier molecular flexibility index (Phi) is 5.15. The number of nitrogens with one attached hydrogen (secondary N) is 1. The van der Waals surface area contributed by atoms with Crippen molar-refractivity contribution in [2.75, 3.05) is 31.6 Å². The normalized spacial score (nSPS) is 13.0. The van der Waals surface area contributed by atoms with E-state index in [4.69, 9.17) is 0 Å². The van der Waals surface area contributed by atoms with Gasteiger partial charge in [0.25, 0.3) is 0 Å². The van der Waals surface area contributed by atoms with Gasteiger partial charge in [-0.2, -0.15) is 0 Å². The summed E-state index contributed by atoms with van der Waals surface area (Å²) >= 11 is 1.70. The fraction of sp³-hybridized carbons (Fsp3) is 0.333. The maximum Gasteiger partial charge on any atom is 0.317 e. The average Bonchev–Trinajstić information content (AvgIpc) is 3.20. The van der Waals surface area contributed by atoms with E-state index in [-0.39, 0.29) is 11.9 Å². The Balaban J connectivity index is 1.44. The maximum absolute atomic E-state index is 12.1. The van der Waals surface area contributed by atoms with Crippen LogP contribution in [0.25, 0.3) is 0 Å². The van der Waals surface area contributed by atoms with Gasteiger partial charge in [0.2, 0.25) is 5.91 Å². The maximum atomic E-state index is 12.1. The minimum Gasteiger partial charge on any atom is -0.336 e. The molecular weight excluding hydrogens is 322 g/mol. The van der Waals surface area contributed by atoms with Crippen LogP contribution < -0.4 is 10.2 Å². The number of likely N-dealkylation sites (N-methyl/N-ethyl adjacent to an activating group) is 1. The first kappa shape index (κ1) is 16.5. The van der Waals surface area contributed by atoms with Gasteiger partial charge in [-0.1, -0.05) is 24.3 Å². The van der Waals surface area contributed by atoms with Crippen molar-refractivity contribution in [3.05, 3.63) is 52.2 Å². The zero-order chi connectivity index (χ0) is 16.9. The van der Waals surface area contributed by atoms with Gasteiger partial charge in [-0.15, -0.1) is 11.3 Å². The molecule has 126 valence electrons. The minimum atomic E-state index is -0.105. The Morgan fingerprint density at radius 2 is 2.12 bits per heavy atom. The minimum absolute atomic E-state index is 0.0940. The van der Waals surface area contributed by atoms with Crippen LogP contribution in [0.5, 0.6) is 0 Å². The van der Waals surface area contributed by atoms with Gasteiger partial charge < -0.3 is 15.1 Å². The molecule has 0 atom stereocenters. The van der Waals surface area contributed by atoms with E-state index in [9.17, 15) is 9.59 Å². The Morgan fingerprint density at radius 1 is 1.29 bits per heavy atom. The molecule has 3 rings (SSSR count). The molecule has 0 aliphatic carbocycles. The number of para-hydroxylation sites is 1. The predicted molar refractivity (Wildman–Crippen MR) is 96.6 cm³/mol. The summed E-state index contributed by atoms with van der Waals surface area (Å²) in [6.07, 6.45) is 1.31. The fourth-order valence-electron chi connectivity index (χ4n) is 2.81. The number of fused-ring (bicyclic) bond motifs is 1. The van der Waals surface area contributed by atoms with Gasteiger partial charge in [0.1, 0.15) is 0 Å². The Morgan fingerprint density at radius 3 is 2.92 bits per heavy atom. The molecule has 0 spiro atoms. The van der Waals surface area contributed by atoms with Crippen molar-refractivity contribution >= 4 is 29.0 Å². The van der Waals surface area contributed by atoms with E-state index < -0.39 is 0 Å². The second-order valence-corrected chi connectivity index (χ2v) is 6.87. The van der Waals surface area contributed by atoms with Gasteiger partial charge in [0.05, 0.1) is 6.42 Å². The molecule has 1 N–H and O–H groups in total. The summed E-state index contributed by atoms with van der Waals surface area (Å²) in [6, 6.07) is 11.8. The molecule has 0 bridgehead atoms. The van der Waals surface area contributed by atoms with E-state index in [1.807, 2.05) is 35.7 Å². The van der Waals surface area contributed by atoms with Gasteiger partial charge in [-0.25, -0.2) is 4.79 Å².